The molecule has 1 aliphatic heterocycles. The van der Waals surface area contributed by atoms with E-state index in [9.17, 15) is 24.5 Å². The van der Waals surface area contributed by atoms with Crippen molar-refractivity contribution in [3.05, 3.63) is 28.3 Å². The Kier molecular flexibility index (Phi) is 7.63. The fourth-order valence-electron chi connectivity index (χ4n) is 2.81. The number of rotatable bonds is 6. The molecule has 1 aromatic rings. The summed E-state index contributed by atoms with van der Waals surface area (Å²) in [7, 11) is 1.37. The quantitative estimate of drug-likeness (QED) is 0.317. The predicted molar refractivity (Wildman–Crippen MR) is 105 cm³/mol. The lowest BCUT2D eigenvalue weighted by Crippen LogP contribution is -2.44. The number of carbonyl (C=O) groups excluding carboxylic acids is 3. The van der Waals surface area contributed by atoms with Gasteiger partial charge < -0.3 is 15.0 Å². The van der Waals surface area contributed by atoms with Gasteiger partial charge in [-0.25, -0.2) is 5.43 Å². The van der Waals surface area contributed by atoms with Crippen molar-refractivity contribution >= 4 is 34.8 Å². The summed E-state index contributed by atoms with van der Waals surface area (Å²) in [6.07, 6.45) is 2.57. The number of benzene rings is 1. The number of hydrogen-bond acceptors (Lipinski definition) is 7. The normalized spacial score (nSPS) is 14.1. The van der Waals surface area contributed by atoms with Gasteiger partial charge in [0.2, 0.25) is 5.91 Å². The third-order valence-electron chi connectivity index (χ3n) is 4.27. The first-order valence-electron chi connectivity index (χ1n) is 9.06. The Morgan fingerprint density at radius 3 is 2.55 bits per heavy atom. The molecular formula is C18H23N5O6. The molecular weight excluding hydrogens is 382 g/mol. The van der Waals surface area contributed by atoms with E-state index in [4.69, 9.17) is 4.74 Å². The van der Waals surface area contributed by atoms with Gasteiger partial charge in [-0.1, -0.05) is 0 Å². The molecule has 0 spiro atoms. The average molecular weight is 405 g/mol. The number of nitro benzene ring substituents is 1. The maximum absolute atomic E-state index is 12.2. The Hall–Kier alpha value is -3.50. The number of ether oxygens (including phenoxy) is 1. The van der Waals surface area contributed by atoms with E-state index in [0.29, 0.717) is 13.1 Å². The van der Waals surface area contributed by atoms with Gasteiger partial charge in [0, 0.05) is 30.9 Å². The number of hydrogen-bond donors (Lipinski definition) is 2. The topological polar surface area (TPSA) is 143 Å². The van der Waals surface area contributed by atoms with Crippen LogP contribution in [0.25, 0.3) is 0 Å². The predicted octanol–water partition coefficient (Wildman–Crippen LogP) is 1.44. The minimum Gasteiger partial charge on any atom is -0.495 e. The molecule has 0 bridgehead atoms. The first-order valence-corrected chi connectivity index (χ1v) is 9.06. The van der Waals surface area contributed by atoms with E-state index in [0.717, 1.165) is 19.3 Å². The number of nitro groups is 1. The molecule has 1 saturated heterocycles. The molecule has 0 unspecified atom stereocenters. The second kappa shape index (κ2) is 10.2. The highest BCUT2D eigenvalue weighted by Crippen LogP contribution is 2.28. The van der Waals surface area contributed by atoms with Crippen LogP contribution >= 0.6 is 0 Å². The van der Waals surface area contributed by atoms with Gasteiger partial charge in [-0.2, -0.15) is 5.10 Å². The molecule has 0 aliphatic carbocycles. The molecule has 2 rings (SSSR count). The van der Waals surface area contributed by atoms with Gasteiger partial charge in [0.25, 0.3) is 5.69 Å². The highest BCUT2D eigenvalue weighted by Gasteiger charge is 2.23. The summed E-state index contributed by atoms with van der Waals surface area (Å²) >= 11 is 0. The van der Waals surface area contributed by atoms with Gasteiger partial charge >= 0.3 is 11.8 Å². The van der Waals surface area contributed by atoms with Crippen molar-refractivity contribution in [3.8, 4) is 5.75 Å². The Morgan fingerprint density at radius 1 is 1.24 bits per heavy atom. The lowest BCUT2D eigenvalue weighted by atomic mass is 10.1. The maximum atomic E-state index is 12.2. The SMILES string of the molecule is COc1ccc([N+](=O)[O-])cc1NC(=O)C/C(C)=N\NC(=O)C(=O)N1CCCCC1. The molecule has 156 valence electrons. The van der Waals surface area contributed by atoms with E-state index >= 15 is 0 Å². The Bertz CT molecular complexity index is 832. The molecule has 1 aromatic carbocycles. The van der Waals surface area contributed by atoms with Crippen molar-refractivity contribution in [2.45, 2.75) is 32.6 Å². The van der Waals surface area contributed by atoms with Crippen molar-refractivity contribution in [1.82, 2.24) is 10.3 Å². The number of carbonyl (C=O) groups is 3. The minimum absolute atomic E-state index is 0.142. The van der Waals surface area contributed by atoms with Crippen LogP contribution in [0.4, 0.5) is 11.4 Å². The van der Waals surface area contributed by atoms with E-state index in [1.54, 1.807) is 0 Å². The molecule has 0 radical (unpaired) electrons. The molecule has 0 saturated carbocycles. The van der Waals surface area contributed by atoms with Crippen LogP contribution in [0.5, 0.6) is 5.75 Å². The van der Waals surface area contributed by atoms with E-state index in [1.165, 1.54) is 37.1 Å². The molecule has 1 fully saturated rings. The van der Waals surface area contributed by atoms with Crippen LogP contribution in [0.1, 0.15) is 32.6 Å². The lowest BCUT2D eigenvalue weighted by Gasteiger charge is -2.25. The summed E-state index contributed by atoms with van der Waals surface area (Å²) < 4.78 is 5.08. The van der Waals surface area contributed by atoms with Crippen molar-refractivity contribution in [2.75, 3.05) is 25.5 Å². The zero-order valence-corrected chi connectivity index (χ0v) is 16.3. The second-order valence-electron chi connectivity index (χ2n) is 6.51. The maximum Gasteiger partial charge on any atom is 0.329 e. The fourth-order valence-corrected chi connectivity index (χ4v) is 2.81. The van der Waals surface area contributed by atoms with Gasteiger partial charge in [-0.15, -0.1) is 0 Å². The number of nitrogens with one attached hydrogen (secondary N) is 2. The van der Waals surface area contributed by atoms with E-state index < -0.39 is 22.6 Å². The number of likely N-dealkylation sites (tertiary alicyclic amines) is 1. The number of piperidine rings is 1. The largest absolute Gasteiger partial charge is 0.495 e. The van der Waals surface area contributed by atoms with Crippen LogP contribution in [0, 0.1) is 10.1 Å². The third kappa shape index (κ3) is 6.26. The Labute approximate surface area is 167 Å². The molecule has 0 aromatic heterocycles. The monoisotopic (exact) mass is 405 g/mol. The number of nitrogens with zero attached hydrogens (tertiary/aromatic N) is 3. The van der Waals surface area contributed by atoms with Gasteiger partial charge in [-0.3, -0.25) is 24.5 Å². The number of methoxy groups -OCH3 is 1. The summed E-state index contributed by atoms with van der Waals surface area (Å²) in [5, 5.41) is 17.2. The lowest BCUT2D eigenvalue weighted by molar-refractivity contribution is -0.384. The van der Waals surface area contributed by atoms with Gasteiger partial charge in [0.1, 0.15) is 5.75 Å². The summed E-state index contributed by atoms with van der Waals surface area (Å²) in [4.78, 5) is 47.9. The first-order chi connectivity index (χ1) is 13.8. The smallest absolute Gasteiger partial charge is 0.329 e. The van der Waals surface area contributed by atoms with Gasteiger partial charge in [0.15, 0.2) is 0 Å². The fraction of sp³-hybridized carbons (Fsp3) is 0.444. The molecule has 2 N–H and O–H groups in total. The standard InChI is InChI=1S/C18H23N5O6/c1-12(20-21-17(25)18(26)22-8-4-3-5-9-22)10-16(24)19-14-11-13(23(27)28)6-7-15(14)29-2/h6-7,11H,3-5,8-10H2,1-2H3,(H,19,24)(H,21,25)/b20-12-. The zero-order valence-electron chi connectivity index (χ0n) is 16.3. The third-order valence-corrected chi connectivity index (χ3v) is 4.27. The number of amides is 3. The van der Waals surface area contributed by atoms with Crippen molar-refractivity contribution < 1.29 is 24.0 Å². The van der Waals surface area contributed by atoms with Gasteiger partial charge in [-0.05, 0) is 32.3 Å². The summed E-state index contributed by atoms with van der Waals surface area (Å²) in [6.45, 7) is 2.60. The van der Waals surface area contributed by atoms with Crippen molar-refractivity contribution in [1.29, 1.82) is 0 Å². The zero-order chi connectivity index (χ0) is 21.4. The van der Waals surface area contributed by atoms with Crippen LogP contribution < -0.4 is 15.5 Å². The van der Waals surface area contributed by atoms with E-state index in [2.05, 4.69) is 15.8 Å². The highest BCUT2D eigenvalue weighted by atomic mass is 16.6. The van der Waals surface area contributed by atoms with Crippen LogP contribution in [-0.4, -0.2) is 53.5 Å². The molecule has 11 heteroatoms. The molecule has 29 heavy (non-hydrogen) atoms. The Morgan fingerprint density at radius 2 is 1.93 bits per heavy atom. The second-order valence-corrected chi connectivity index (χ2v) is 6.51. The summed E-state index contributed by atoms with van der Waals surface area (Å²) in [5.41, 5.74) is 2.36. The first kappa shape index (κ1) is 21.8. The average Bonchev–Trinajstić information content (AvgIpc) is 2.71. The van der Waals surface area contributed by atoms with Crippen LogP contribution in [0.3, 0.4) is 0 Å². The van der Waals surface area contributed by atoms with Gasteiger partial charge in [0.05, 0.1) is 24.1 Å². The molecule has 0 atom stereocenters. The van der Waals surface area contributed by atoms with Crippen LogP contribution in [0.15, 0.2) is 23.3 Å². The number of non-ortho nitro benzene ring substituents is 1. The Balaban J connectivity index is 1.93. The molecule has 1 aliphatic rings. The summed E-state index contributed by atoms with van der Waals surface area (Å²) in [5.74, 6) is -1.75. The van der Waals surface area contributed by atoms with Crippen LogP contribution in [-0.2, 0) is 14.4 Å². The van der Waals surface area contributed by atoms with Crippen molar-refractivity contribution in [3.63, 3.8) is 0 Å². The highest BCUT2D eigenvalue weighted by molar-refractivity contribution is 6.35. The number of anilines is 1. The summed E-state index contributed by atoms with van der Waals surface area (Å²) in [6, 6.07) is 3.82. The molecule has 11 nitrogen and oxygen atoms in total. The molecule has 3 amide bonds. The molecule has 1 heterocycles. The van der Waals surface area contributed by atoms with Crippen molar-refractivity contribution in [2.24, 2.45) is 5.10 Å². The number of hydrazone groups is 1. The van der Waals surface area contributed by atoms with E-state index in [1.807, 2.05) is 0 Å². The van der Waals surface area contributed by atoms with E-state index in [-0.39, 0.29) is 29.3 Å². The minimum atomic E-state index is -0.855. The van der Waals surface area contributed by atoms with Crippen LogP contribution in [0.2, 0.25) is 0 Å².